The van der Waals surface area contributed by atoms with E-state index >= 15 is 0 Å². The number of aromatic nitrogens is 2. The molecule has 0 aliphatic heterocycles. The summed E-state index contributed by atoms with van der Waals surface area (Å²) in [5.74, 6) is 1.62. The maximum atomic E-state index is 5.79. The van der Waals surface area contributed by atoms with Gasteiger partial charge in [0.15, 0.2) is 11.2 Å². The van der Waals surface area contributed by atoms with Gasteiger partial charge in [0.05, 0.1) is 24.6 Å². The Kier molecular flexibility index (Phi) is 4.96. The van der Waals surface area contributed by atoms with Gasteiger partial charge in [0.1, 0.15) is 11.5 Å². The van der Waals surface area contributed by atoms with E-state index in [1.807, 2.05) is 50.2 Å². The molecule has 2 aromatic carbocycles. The fourth-order valence-corrected chi connectivity index (χ4v) is 3.03. The minimum Gasteiger partial charge on any atom is -0.493 e. The van der Waals surface area contributed by atoms with E-state index < -0.39 is 0 Å². The second kappa shape index (κ2) is 7.70. The molecule has 2 aromatic heterocycles. The smallest absolute Gasteiger partial charge is 0.170 e. The van der Waals surface area contributed by atoms with Crippen molar-refractivity contribution in [2.45, 2.75) is 33.1 Å². The zero-order valence-electron chi connectivity index (χ0n) is 15.5. The van der Waals surface area contributed by atoms with Gasteiger partial charge in [0, 0.05) is 22.9 Å². The highest BCUT2D eigenvalue weighted by Gasteiger charge is 2.06. The lowest BCUT2D eigenvalue weighted by Gasteiger charge is -2.07. The van der Waals surface area contributed by atoms with Gasteiger partial charge in [-0.3, -0.25) is 0 Å². The lowest BCUT2D eigenvalue weighted by Crippen LogP contribution is -2.01. The number of unbranched alkanes of at least 4 members (excludes halogenated alkanes) is 2. The van der Waals surface area contributed by atoms with E-state index in [0.717, 1.165) is 64.1 Å². The highest BCUT2D eigenvalue weighted by Crippen LogP contribution is 2.24. The van der Waals surface area contributed by atoms with E-state index in [1.165, 1.54) is 0 Å². The van der Waals surface area contributed by atoms with Crippen molar-refractivity contribution in [1.29, 1.82) is 0 Å². The van der Waals surface area contributed by atoms with E-state index in [4.69, 9.17) is 18.5 Å². The van der Waals surface area contributed by atoms with Crippen molar-refractivity contribution in [1.82, 2.24) is 10.3 Å². The van der Waals surface area contributed by atoms with Crippen LogP contribution in [0.5, 0.6) is 11.5 Å². The van der Waals surface area contributed by atoms with E-state index in [-0.39, 0.29) is 0 Å². The molecular formula is C21H22N2O4. The summed E-state index contributed by atoms with van der Waals surface area (Å²) in [6.45, 7) is 5.20. The third kappa shape index (κ3) is 3.89. The molecule has 0 spiro atoms. The Morgan fingerprint density at radius 3 is 1.67 bits per heavy atom. The predicted octanol–water partition coefficient (Wildman–Crippen LogP) is 5.21. The molecule has 0 amide bonds. The van der Waals surface area contributed by atoms with E-state index in [1.54, 1.807) is 0 Å². The first kappa shape index (κ1) is 17.4. The van der Waals surface area contributed by atoms with Gasteiger partial charge < -0.3 is 18.5 Å². The standard InChI is InChI=1S/C21H22N2O4/c1-14-18-8-6-16(12-20(18)26-22-14)24-10-4-3-5-11-25-17-7-9-19-15(2)23-27-21(19)13-17/h6-9,12-13H,3-5,10-11H2,1-2H3. The van der Waals surface area contributed by atoms with Crippen molar-refractivity contribution in [2.75, 3.05) is 13.2 Å². The Balaban J connectivity index is 1.16. The normalized spacial score (nSPS) is 11.3. The summed E-state index contributed by atoms with van der Waals surface area (Å²) < 4.78 is 22.1. The molecule has 0 saturated heterocycles. The Morgan fingerprint density at radius 1 is 0.704 bits per heavy atom. The lowest BCUT2D eigenvalue weighted by atomic mass is 10.2. The van der Waals surface area contributed by atoms with Gasteiger partial charge in [-0.2, -0.15) is 0 Å². The van der Waals surface area contributed by atoms with Crippen LogP contribution in [0.4, 0.5) is 0 Å². The summed E-state index contributed by atoms with van der Waals surface area (Å²) in [4.78, 5) is 0. The number of rotatable bonds is 8. The topological polar surface area (TPSA) is 70.5 Å². The SMILES string of the molecule is Cc1noc2cc(OCCCCCOc3ccc4c(C)noc4c3)ccc12. The zero-order valence-corrected chi connectivity index (χ0v) is 15.5. The number of nitrogens with zero attached hydrogens (tertiary/aromatic N) is 2. The first-order chi connectivity index (χ1) is 13.2. The van der Waals surface area contributed by atoms with Gasteiger partial charge in [-0.05, 0) is 57.4 Å². The molecule has 6 heteroatoms. The van der Waals surface area contributed by atoms with Crippen molar-refractivity contribution in [2.24, 2.45) is 0 Å². The Morgan fingerprint density at radius 2 is 1.19 bits per heavy atom. The number of ether oxygens (including phenoxy) is 2. The number of benzene rings is 2. The van der Waals surface area contributed by atoms with Crippen LogP contribution >= 0.6 is 0 Å². The second-order valence-electron chi connectivity index (χ2n) is 6.61. The Hall–Kier alpha value is -3.02. The maximum Gasteiger partial charge on any atom is 0.170 e. The van der Waals surface area contributed by atoms with Gasteiger partial charge in [0.2, 0.25) is 0 Å². The number of aryl methyl sites for hydroxylation is 2. The highest BCUT2D eigenvalue weighted by atomic mass is 16.5. The molecular weight excluding hydrogens is 344 g/mol. The third-order valence-corrected chi connectivity index (χ3v) is 4.57. The largest absolute Gasteiger partial charge is 0.493 e. The monoisotopic (exact) mass is 366 g/mol. The maximum absolute atomic E-state index is 5.79. The van der Waals surface area contributed by atoms with Crippen LogP contribution in [0, 0.1) is 13.8 Å². The fourth-order valence-electron chi connectivity index (χ4n) is 3.03. The van der Waals surface area contributed by atoms with Crippen molar-refractivity contribution in [3.8, 4) is 11.5 Å². The van der Waals surface area contributed by atoms with Gasteiger partial charge in [-0.15, -0.1) is 0 Å². The molecule has 0 bridgehead atoms. The summed E-state index contributed by atoms with van der Waals surface area (Å²) in [5.41, 5.74) is 3.32. The Bertz CT molecular complexity index is 967. The zero-order chi connectivity index (χ0) is 18.6. The lowest BCUT2D eigenvalue weighted by molar-refractivity contribution is 0.279. The summed E-state index contributed by atoms with van der Waals surface area (Å²) in [7, 11) is 0. The van der Waals surface area contributed by atoms with Gasteiger partial charge >= 0.3 is 0 Å². The van der Waals surface area contributed by atoms with Gasteiger partial charge in [-0.1, -0.05) is 10.3 Å². The van der Waals surface area contributed by atoms with Crippen LogP contribution in [0.2, 0.25) is 0 Å². The molecule has 4 rings (SSSR count). The van der Waals surface area contributed by atoms with E-state index in [2.05, 4.69) is 10.3 Å². The molecule has 0 fully saturated rings. The molecule has 0 radical (unpaired) electrons. The predicted molar refractivity (Wildman–Crippen MR) is 102 cm³/mol. The van der Waals surface area contributed by atoms with Crippen LogP contribution in [0.1, 0.15) is 30.7 Å². The van der Waals surface area contributed by atoms with Crippen LogP contribution in [0.3, 0.4) is 0 Å². The van der Waals surface area contributed by atoms with Crippen LogP contribution < -0.4 is 9.47 Å². The van der Waals surface area contributed by atoms with Crippen LogP contribution in [-0.4, -0.2) is 23.5 Å². The molecule has 6 nitrogen and oxygen atoms in total. The fraction of sp³-hybridized carbons (Fsp3) is 0.333. The van der Waals surface area contributed by atoms with Gasteiger partial charge in [-0.25, -0.2) is 0 Å². The quantitative estimate of drug-likeness (QED) is 0.399. The molecule has 0 unspecified atom stereocenters. The molecule has 27 heavy (non-hydrogen) atoms. The number of fused-ring (bicyclic) bond motifs is 2. The molecule has 4 aromatic rings. The van der Waals surface area contributed by atoms with Crippen molar-refractivity contribution in [3.63, 3.8) is 0 Å². The molecule has 0 saturated carbocycles. The molecule has 0 aliphatic rings. The molecule has 0 aliphatic carbocycles. The summed E-state index contributed by atoms with van der Waals surface area (Å²) in [6, 6.07) is 11.7. The van der Waals surface area contributed by atoms with Crippen molar-refractivity contribution < 1.29 is 18.5 Å². The first-order valence-electron chi connectivity index (χ1n) is 9.18. The average molecular weight is 366 g/mol. The highest BCUT2D eigenvalue weighted by molar-refractivity contribution is 5.81. The van der Waals surface area contributed by atoms with Crippen LogP contribution in [0.25, 0.3) is 21.9 Å². The minimum absolute atomic E-state index is 0.669. The minimum atomic E-state index is 0.669. The van der Waals surface area contributed by atoms with Crippen molar-refractivity contribution >= 4 is 21.9 Å². The Labute approximate surface area is 157 Å². The van der Waals surface area contributed by atoms with Crippen molar-refractivity contribution in [3.05, 3.63) is 47.8 Å². The molecule has 0 atom stereocenters. The first-order valence-corrected chi connectivity index (χ1v) is 9.18. The summed E-state index contributed by atoms with van der Waals surface area (Å²) in [5, 5.41) is 9.96. The summed E-state index contributed by atoms with van der Waals surface area (Å²) >= 11 is 0. The van der Waals surface area contributed by atoms with E-state index in [0.29, 0.717) is 13.2 Å². The molecule has 2 heterocycles. The van der Waals surface area contributed by atoms with Gasteiger partial charge in [0.25, 0.3) is 0 Å². The number of hydrogen-bond donors (Lipinski definition) is 0. The number of hydrogen-bond acceptors (Lipinski definition) is 6. The third-order valence-electron chi connectivity index (χ3n) is 4.57. The summed E-state index contributed by atoms with van der Waals surface area (Å²) in [6.07, 6.45) is 2.97. The second-order valence-corrected chi connectivity index (χ2v) is 6.61. The molecule has 140 valence electrons. The van der Waals surface area contributed by atoms with E-state index in [9.17, 15) is 0 Å². The molecule has 0 N–H and O–H groups in total. The van der Waals surface area contributed by atoms with Crippen LogP contribution in [-0.2, 0) is 0 Å². The van der Waals surface area contributed by atoms with Crippen LogP contribution in [0.15, 0.2) is 45.4 Å². The average Bonchev–Trinajstić information content (AvgIpc) is 3.23.